The Morgan fingerprint density at radius 1 is 1.67 bits per heavy atom. The summed E-state index contributed by atoms with van der Waals surface area (Å²) in [7, 11) is 0. The second-order valence-corrected chi connectivity index (χ2v) is 5.31. The molecule has 1 aromatic rings. The highest BCUT2D eigenvalue weighted by Crippen LogP contribution is 2.32. The van der Waals surface area contributed by atoms with Crippen LogP contribution < -0.4 is 5.32 Å². The second-order valence-electron chi connectivity index (χ2n) is 4.03. The minimum atomic E-state index is -0.366. The minimum Gasteiger partial charge on any atom is -0.391 e. The van der Waals surface area contributed by atoms with Crippen LogP contribution in [0.4, 0.5) is 0 Å². The highest BCUT2D eigenvalue weighted by Gasteiger charge is 2.29. The van der Waals surface area contributed by atoms with Crippen molar-refractivity contribution < 1.29 is 9.90 Å². The monoisotopic (exact) mass is 225 g/mol. The first kappa shape index (κ1) is 10.6. The summed E-state index contributed by atoms with van der Waals surface area (Å²) in [5.41, 5.74) is 0. The van der Waals surface area contributed by atoms with Crippen molar-refractivity contribution in [2.75, 3.05) is 6.54 Å². The second kappa shape index (κ2) is 4.33. The summed E-state index contributed by atoms with van der Waals surface area (Å²) >= 11 is 1.48. The standard InChI is InChI=1S/C11H15NO2S/c1-7-2-5-10(15-7)11(14)12-6-9(13)8-3-4-8/h2,5,8-9,13H,3-4,6H2,1H3,(H,12,14). The fourth-order valence-corrected chi connectivity index (χ4v) is 2.27. The van der Waals surface area contributed by atoms with Crippen LogP contribution in [-0.2, 0) is 0 Å². The third-order valence-electron chi connectivity index (χ3n) is 2.60. The van der Waals surface area contributed by atoms with Crippen LogP contribution in [0.3, 0.4) is 0 Å². The van der Waals surface area contributed by atoms with Crippen molar-refractivity contribution in [3.05, 3.63) is 21.9 Å². The lowest BCUT2D eigenvalue weighted by Gasteiger charge is -2.09. The van der Waals surface area contributed by atoms with Gasteiger partial charge in [0.15, 0.2) is 0 Å². The number of amides is 1. The van der Waals surface area contributed by atoms with E-state index in [9.17, 15) is 9.90 Å². The first-order valence-corrected chi connectivity index (χ1v) is 6.01. The van der Waals surface area contributed by atoms with Gasteiger partial charge in [0.25, 0.3) is 5.91 Å². The molecule has 1 amide bonds. The number of carbonyl (C=O) groups is 1. The quantitative estimate of drug-likeness (QED) is 0.817. The average molecular weight is 225 g/mol. The average Bonchev–Trinajstić information content (AvgIpc) is 2.97. The van der Waals surface area contributed by atoms with Crippen molar-refractivity contribution >= 4 is 17.2 Å². The summed E-state index contributed by atoms with van der Waals surface area (Å²) in [5.74, 6) is 0.336. The zero-order chi connectivity index (χ0) is 10.8. The van der Waals surface area contributed by atoms with Crippen LogP contribution in [0.1, 0.15) is 27.4 Å². The molecule has 1 fully saturated rings. The normalized spacial score (nSPS) is 17.5. The number of carbonyl (C=O) groups excluding carboxylic acids is 1. The van der Waals surface area contributed by atoms with Crippen LogP contribution in [0.2, 0.25) is 0 Å². The number of rotatable bonds is 4. The van der Waals surface area contributed by atoms with E-state index in [1.807, 2.05) is 19.1 Å². The Labute approximate surface area is 93.1 Å². The first-order valence-electron chi connectivity index (χ1n) is 5.19. The van der Waals surface area contributed by atoms with Gasteiger partial charge in [-0.1, -0.05) is 0 Å². The van der Waals surface area contributed by atoms with Gasteiger partial charge in [-0.15, -0.1) is 11.3 Å². The molecule has 1 saturated carbocycles. The van der Waals surface area contributed by atoms with E-state index < -0.39 is 0 Å². The molecular weight excluding hydrogens is 210 g/mol. The third-order valence-corrected chi connectivity index (χ3v) is 3.60. The van der Waals surface area contributed by atoms with Crippen LogP contribution in [0, 0.1) is 12.8 Å². The highest BCUT2D eigenvalue weighted by molar-refractivity contribution is 7.13. The molecule has 0 aromatic carbocycles. The summed E-state index contributed by atoms with van der Waals surface area (Å²) in [6.07, 6.45) is 1.82. The maximum absolute atomic E-state index is 11.6. The number of aliphatic hydroxyl groups excluding tert-OH is 1. The van der Waals surface area contributed by atoms with E-state index in [4.69, 9.17) is 0 Å². The summed E-state index contributed by atoms with van der Waals surface area (Å²) in [5, 5.41) is 12.3. The molecule has 82 valence electrons. The van der Waals surface area contributed by atoms with Gasteiger partial charge in [0.1, 0.15) is 0 Å². The van der Waals surface area contributed by atoms with Crippen molar-refractivity contribution in [1.29, 1.82) is 0 Å². The number of hydrogen-bond acceptors (Lipinski definition) is 3. The molecule has 15 heavy (non-hydrogen) atoms. The maximum atomic E-state index is 11.6. The van der Waals surface area contributed by atoms with Gasteiger partial charge in [0.2, 0.25) is 0 Å². The lowest BCUT2D eigenvalue weighted by atomic mass is 10.2. The van der Waals surface area contributed by atoms with Crippen molar-refractivity contribution in [3.8, 4) is 0 Å². The Morgan fingerprint density at radius 3 is 2.93 bits per heavy atom. The van der Waals surface area contributed by atoms with Crippen molar-refractivity contribution in [2.24, 2.45) is 5.92 Å². The predicted molar refractivity (Wildman–Crippen MR) is 60.1 cm³/mol. The molecule has 1 atom stereocenters. The molecular formula is C11H15NO2S. The zero-order valence-electron chi connectivity index (χ0n) is 8.69. The molecule has 4 heteroatoms. The molecule has 2 N–H and O–H groups in total. The molecule has 3 nitrogen and oxygen atoms in total. The van der Waals surface area contributed by atoms with Gasteiger partial charge < -0.3 is 10.4 Å². The largest absolute Gasteiger partial charge is 0.391 e. The maximum Gasteiger partial charge on any atom is 0.261 e. The fraction of sp³-hybridized carbons (Fsp3) is 0.545. The van der Waals surface area contributed by atoms with E-state index in [1.165, 1.54) is 11.3 Å². The van der Waals surface area contributed by atoms with Crippen LogP contribution >= 0.6 is 11.3 Å². The molecule has 0 radical (unpaired) electrons. The summed E-state index contributed by atoms with van der Waals surface area (Å²) in [4.78, 5) is 13.4. The molecule has 1 aromatic heterocycles. The molecule has 0 bridgehead atoms. The Balaban J connectivity index is 1.81. The molecule has 0 aliphatic heterocycles. The Morgan fingerprint density at radius 2 is 2.40 bits per heavy atom. The van der Waals surface area contributed by atoms with E-state index in [0.717, 1.165) is 22.6 Å². The minimum absolute atomic E-state index is 0.0761. The van der Waals surface area contributed by atoms with Gasteiger partial charge in [-0.2, -0.15) is 0 Å². The lowest BCUT2D eigenvalue weighted by Crippen LogP contribution is -2.32. The van der Waals surface area contributed by atoms with Crippen LogP contribution in [0.15, 0.2) is 12.1 Å². The number of hydrogen-bond donors (Lipinski definition) is 2. The molecule has 0 saturated heterocycles. The van der Waals surface area contributed by atoms with Gasteiger partial charge in [0.05, 0.1) is 11.0 Å². The van der Waals surface area contributed by atoms with E-state index in [0.29, 0.717) is 12.5 Å². The highest BCUT2D eigenvalue weighted by atomic mass is 32.1. The summed E-state index contributed by atoms with van der Waals surface area (Å²) in [6, 6.07) is 3.75. The number of aryl methyl sites for hydroxylation is 1. The Bertz CT molecular complexity index is 357. The molecule has 1 heterocycles. The van der Waals surface area contributed by atoms with E-state index in [2.05, 4.69) is 5.32 Å². The SMILES string of the molecule is Cc1ccc(C(=O)NCC(O)C2CC2)s1. The van der Waals surface area contributed by atoms with Crippen molar-refractivity contribution in [1.82, 2.24) is 5.32 Å². The topological polar surface area (TPSA) is 49.3 Å². The van der Waals surface area contributed by atoms with Crippen molar-refractivity contribution in [3.63, 3.8) is 0 Å². The van der Waals surface area contributed by atoms with E-state index in [-0.39, 0.29) is 12.0 Å². The number of thiophene rings is 1. The molecule has 2 rings (SSSR count). The number of nitrogens with one attached hydrogen (secondary N) is 1. The molecule has 1 aliphatic carbocycles. The Kier molecular flexibility index (Phi) is 3.07. The van der Waals surface area contributed by atoms with Crippen LogP contribution in [-0.4, -0.2) is 23.7 Å². The summed E-state index contributed by atoms with van der Waals surface area (Å²) < 4.78 is 0. The van der Waals surface area contributed by atoms with Crippen LogP contribution in [0.25, 0.3) is 0 Å². The molecule has 0 spiro atoms. The molecule has 1 aliphatic rings. The lowest BCUT2D eigenvalue weighted by molar-refractivity contribution is 0.0905. The van der Waals surface area contributed by atoms with Gasteiger partial charge in [-0.3, -0.25) is 4.79 Å². The summed E-state index contributed by atoms with van der Waals surface area (Å²) in [6.45, 7) is 2.35. The van der Waals surface area contributed by atoms with Crippen LogP contribution in [0.5, 0.6) is 0 Å². The Hall–Kier alpha value is -0.870. The smallest absolute Gasteiger partial charge is 0.261 e. The third kappa shape index (κ3) is 2.79. The van der Waals surface area contributed by atoms with Gasteiger partial charge in [-0.05, 0) is 37.8 Å². The van der Waals surface area contributed by atoms with Gasteiger partial charge in [0, 0.05) is 11.4 Å². The van der Waals surface area contributed by atoms with Crippen molar-refractivity contribution in [2.45, 2.75) is 25.9 Å². The van der Waals surface area contributed by atoms with Gasteiger partial charge >= 0.3 is 0 Å². The fourth-order valence-electron chi connectivity index (χ4n) is 1.49. The zero-order valence-corrected chi connectivity index (χ0v) is 9.51. The molecule has 1 unspecified atom stereocenters. The van der Waals surface area contributed by atoms with E-state index >= 15 is 0 Å². The number of aliphatic hydroxyl groups is 1. The first-order chi connectivity index (χ1) is 7.16. The van der Waals surface area contributed by atoms with Gasteiger partial charge in [-0.25, -0.2) is 0 Å². The van der Waals surface area contributed by atoms with E-state index in [1.54, 1.807) is 0 Å². The predicted octanol–water partition coefficient (Wildman–Crippen LogP) is 1.56.